The van der Waals surface area contributed by atoms with E-state index in [-0.39, 0.29) is 23.3 Å². The van der Waals surface area contributed by atoms with Crippen LogP contribution >= 0.6 is 27.5 Å². The van der Waals surface area contributed by atoms with Crippen LogP contribution in [0.15, 0.2) is 18.2 Å². The summed E-state index contributed by atoms with van der Waals surface area (Å²) >= 11 is 9.06. The average Bonchev–Trinajstić information content (AvgIpc) is 2.21. The topological polar surface area (TPSA) is 49.3 Å². The number of benzene rings is 1. The van der Waals surface area contributed by atoms with Crippen LogP contribution in [0.1, 0.15) is 23.7 Å². The summed E-state index contributed by atoms with van der Waals surface area (Å²) in [6.45, 7) is 1.90. The zero-order valence-corrected chi connectivity index (χ0v) is 11.2. The number of amides is 1. The Bertz CT molecular complexity index is 384. The van der Waals surface area contributed by atoms with Gasteiger partial charge in [-0.2, -0.15) is 0 Å². The highest BCUT2D eigenvalue weighted by Gasteiger charge is 2.13. The van der Waals surface area contributed by atoms with Gasteiger partial charge >= 0.3 is 0 Å². The second-order valence-corrected chi connectivity index (χ2v) is 4.74. The summed E-state index contributed by atoms with van der Waals surface area (Å²) in [5, 5.41) is 13.5. The van der Waals surface area contributed by atoms with E-state index in [4.69, 9.17) is 11.6 Å². The van der Waals surface area contributed by atoms with E-state index >= 15 is 0 Å². The number of hydrogen-bond acceptors (Lipinski definition) is 2. The minimum atomic E-state index is -0.312. The van der Waals surface area contributed by atoms with E-state index in [2.05, 4.69) is 21.2 Å². The molecular formula is C11H13BrClNO2. The first kappa shape index (κ1) is 13.3. The van der Waals surface area contributed by atoms with Crippen molar-refractivity contribution in [2.45, 2.75) is 19.4 Å². The molecule has 88 valence electrons. The van der Waals surface area contributed by atoms with Crippen molar-refractivity contribution in [2.24, 2.45) is 0 Å². The summed E-state index contributed by atoms with van der Waals surface area (Å²) in [5.41, 5.74) is 0.203. The van der Waals surface area contributed by atoms with Gasteiger partial charge in [0.25, 0.3) is 5.91 Å². The molecule has 1 unspecified atom stereocenters. The lowest BCUT2D eigenvalue weighted by molar-refractivity contribution is 0.0937. The van der Waals surface area contributed by atoms with Crippen LogP contribution in [0.5, 0.6) is 5.75 Å². The predicted octanol–water partition coefficient (Wildman–Crippen LogP) is 2.95. The fourth-order valence-corrected chi connectivity index (χ4v) is 2.09. The lowest BCUT2D eigenvalue weighted by Crippen LogP contribution is -2.32. The first-order valence-corrected chi connectivity index (χ1v) is 6.40. The minimum absolute atomic E-state index is 0.0465. The van der Waals surface area contributed by atoms with Gasteiger partial charge in [0, 0.05) is 16.4 Å². The number of carbonyl (C=O) groups excluding carboxylic acids is 1. The van der Waals surface area contributed by atoms with Gasteiger partial charge in [0.1, 0.15) is 5.75 Å². The predicted molar refractivity (Wildman–Crippen MR) is 68.5 cm³/mol. The first-order chi connectivity index (χ1) is 7.54. The molecule has 2 N–H and O–H groups in total. The van der Waals surface area contributed by atoms with Crippen LogP contribution in [0.4, 0.5) is 0 Å². The van der Waals surface area contributed by atoms with Crippen LogP contribution < -0.4 is 5.32 Å². The molecule has 0 bridgehead atoms. The molecular weight excluding hydrogens is 293 g/mol. The third kappa shape index (κ3) is 3.68. The van der Waals surface area contributed by atoms with Crippen molar-refractivity contribution in [2.75, 3.05) is 5.33 Å². The number of rotatable bonds is 4. The average molecular weight is 307 g/mol. The molecule has 0 saturated heterocycles. The SMILES string of the molecule is CC(CCBr)NC(=O)c1cc(Cl)ccc1O. The molecule has 1 amide bonds. The van der Waals surface area contributed by atoms with Crippen LogP contribution in [0.3, 0.4) is 0 Å². The van der Waals surface area contributed by atoms with Crippen LogP contribution in [0, 0.1) is 0 Å². The molecule has 0 radical (unpaired) electrons. The maximum absolute atomic E-state index is 11.8. The van der Waals surface area contributed by atoms with E-state index in [0.29, 0.717) is 5.02 Å². The van der Waals surface area contributed by atoms with Crippen molar-refractivity contribution in [3.63, 3.8) is 0 Å². The molecule has 0 heterocycles. The highest BCUT2D eigenvalue weighted by Crippen LogP contribution is 2.21. The standard InChI is InChI=1S/C11H13BrClNO2/c1-7(4-5-12)14-11(16)9-6-8(13)2-3-10(9)15/h2-3,6-7,15H,4-5H2,1H3,(H,14,16). The van der Waals surface area contributed by atoms with Crippen molar-refractivity contribution < 1.29 is 9.90 Å². The van der Waals surface area contributed by atoms with Crippen molar-refractivity contribution >= 4 is 33.4 Å². The molecule has 16 heavy (non-hydrogen) atoms. The first-order valence-electron chi connectivity index (χ1n) is 4.90. The molecule has 0 aromatic heterocycles. The number of alkyl halides is 1. The largest absolute Gasteiger partial charge is 0.507 e. The van der Waals surface area contributed by atoms with E-state index in [1.54, 1.807) is 0 Å². The molecule has 0 aliphatic carbocycles. The highest BCUT2D eigenvalue weighted by atomic mass is 79.9. The van der Waals surface area contributed by atoms with Crippen molar-refractivity contribution in [3.8, 4) is 5.75 Å². The zero-order valence-electron chi connectivity index (χ0n) is 8.84. The Morgan fingerprint density at radius 1 is 1.62 bits per heavy atom. The third-order valence-electron chi connectivity index (χ3n) is 2.12. The molecule has 0 aliphatic heterocycles. The van der Waals surface area contributed by atoms with E-state index in [9.17, 15) is 9.90 Å². The molecule has 1 atom stereocenters. The van der Waals surface area contributed by atoms with Crippen molar-refractivity contribution in [1.82, 2.24) is 5.32 Å². The van der Waals surface area contributed by atoms with Gasteiger partial charge in [0.15, 0.2) is 0 Å². The molecule has 5 heteroatoms. The number of carbonyl (C=O) groups is 1. The Kier molecular flexibility index (Phi) is 5.09. The summed E-state index contributed by atoms with van der Waals surface area (Å²) in [6, 6.07) is 4.44. The fraction of sp³-hybridized carbons (Fsp3) is 0.364. The molecule has 1 rings (SSSR count). The second-order valence-electron chi connectivity index (χ2n) is 3.51. The van der Waals surface area contributed by atoms with Gasteiger partial charge in [-0.1, -0.05) is 27.5 Å². The fourth-order valence-electron chi connectivity index (χ4n) is 1.23. The lowest BCUT2D eigenvalue weighted by Gasteiger charge is -2.13. The summed E-state index contributed by atoms with van der Waals surface area (Å²) in [4.78, 5) is 11.8. The Balaban J connectivity index is 2.76. The summed E-state index contributed by atoms with van der Waals surface area (Å²) < 4.78 is 0. The minimum Gasteiger partial charge on any atom is -0.507 e. The van der Waals surface area contributed by atoms with E-state index in [1.807, 2.05) is 6.92 Å². The van der Waals surface area contributed by atoms with Gasteiger partial charge in [0.05, 0.1) is 5.56 Å². The quantitative estimate of drug-likeness (QED) is 0.840. The van der Waals surface area contributed by atoms with Crippen molar-refractivity contribution in [1.29, 1.82) is 0 Å². The number of halogens is 2. The molecule has 3 nitrogen and oxygen atoms in total. The Morgan fingerprint density at radius 3 is 2.94 bits per heavy atom. The maximum Gasteiger partial charge on any atom is 0.255 e. The van der Waals surface area contributed by atoms with E-state index < -0.39 is 0 Å². The van der Waals surface area contributed by atoms with Crippen LogP contribution in [-0.2, 0) is 0 Å². The van der Waals surface area contributed by atoms with Gasteiger partial charge in [-0.05, 0) is 31.5 Å². The van der Waals surface area contributed by atoms with E-state index in [1.165, 1.54) is 18.2 Å². The number of phenols is 1. The number of nitrogens with one attached hydrogen (secondary N) is 1. The van der Waals surface area contributed by atoms with Crippen molar-refractivity contribution in [3.05, 3.63) is 28.8 Å². The van der Waals surface area contributed by atoms with Gasteiger partial charge in [-0.25, -0.2) is 0 Å². The molecule has 0 spiro atoms. The normalized spacial score (nSPS) is 12.2. The summed E-state index contributed by atoms with van der Waals surface area (Å²) in [5.74, 6) is -0.374. The zero-order chi connectivity index (χ0) is 12.1. The lowest BCUT2D eigenvalue weighted by atomic mass is 10.1. The summed E-state index contributed by atoms with van der Waals surface area (Å²) in [7, 11) is 0. The number of aromatic hydroxyl groups is 1. The van der Waals surface area contributed by atoms with Gasteiger partial charge < -0.3 is 10.4 Å². The molecule has 0 fully saturated rings. The molecule has 1 aromatic carbocycles. The van der Waals surface area contributed by atoms with Gasteiger partial charge in [0.2, 0.25) is 0 Å². The monoisotopic (exact) mass is 305 g/mol. The Hall–Kier alpha value is -0.740. The van der Waals surface area contributed by atoms with Crippen LogP contribution in [-0.4, -0.2) is 22.4 Å². The van der Waals surface area contributed by atoms with Gasteiger partial charge in [-0.15, -0.1) is 0 Å². The smallest absolute Gasteiger partial charge is 0.255 e. The molecule has 1 aromatic rings. The molecule has 0 saturated carbocycles. The third-order valence-corrected chi connectivity index (χ3v) is 2.82. The molecule has 0 aliphatic rings. The number of phenolic OH excluding ortho intramolecular Hbond substituents is 1. The van der Waals surface area contributed by atoms with E-state index in [0.717, 1.165) is 11.8 Å². The second kappa shape index (κ2) is 6.11. The summed E-state index contributed by atoms with van der Waals surface area (Å²) in [6.07, 6.45) is 0.826. The maximum atomic E-state index is 11.8. The van der Waals surface area contributed by atoms with Crippen LogP contribution in [0.2, 0.25) is 5.02 Å². The Morgan fingerprint density at radius 2 is 2.31 bits per heavy atom. The Labute approximate surface area is 108 Å². The number of hydrogen-bond donors (Lipinski definition) is 2. The highest BCUT2D eigenvalue weighted by molar-refractivity contribution is 9.09. The van der Waals surface area contributed by atoms with Crippen LogP contribution in [0.25, 0.3) is 0 Å². The van der Waals surface area contributed by atoms with Gasteiger partial charge in [-0.3, -0.25) is 4.79 Å².